The van der Waals surface area contributed by atoms with Gasteiger partial charge in [0.15, 0.2) is 0 Å². The maximum atomic E-state index is 11.6. The fraction of sp³-hybridized carbons (Fsp3) is 0.556. The lowest BCUT2D eigenvalue weighted by Gasteiger charge is -2.13. The van der Waals surface area contributed by atoms with Crippen LogP contribution in [-0.4, -0.2) is 33.4 Å². The van der Waals surface area contributed by atoms with Gasteiger partial charge in [-0.2, -0.15) is 5.10 Å². The lowest BCUT2D eigenvalue weighted by atomic mass is 10.2. The van der Waals surface area contributed by atoms with Crippen LogP contribution in [0.2, 0.25) is 0 Å². The lowest BCUT2D eigenvalue weighted by Crippen LogP contribution is -2.37. The number of rotatable bonds is 4. The Labute approximate surface area is 82.7 Å². The zero-order valence-corrected chi connectivity index (χ0v) is 8.40. The molecule has 1 aromatic rings. The third-order valence-corrected chi connectivity index (χ3v) is 2.10. The van der Waals surface area contributed by atoms with Crippen molar-refractivity contribution in [1.29, 1.82) is 0 Å². The van der Waals surface area contributed by atoms with Gasteiger partial charge in [0.25, 0.3) is 5.91 Å². The van der Waals surface area contributed by atoms with Gasteiger partial charge in [0, 0.05) is 13.2 Å². The van der Waals surface area contributed by atoms with Crippen LogP contribution in [0.25, 0.3) is 0 Å². The first-order valence-corrected chi connectivity index (χ1v) is 4.58. The second-order valence-electron chi connectivity index (χ2n) is 3.10. The number of aliphatic hydroxyl groups excluding tert-OH is 1. The van der Waals surface area contributed by atoms with Crippen molar-refractivity contribution in [3.05, 3.63) is 18.0 Å². The van der Waals surface area contributed by atoms with E-state index in [0.717, 1.165) is 0 Å². The van der Waals surface area contributed by atoms with Crippen LogP contribution in [0.15, 0.2) is 12.3 Å². The molecule has 0 aliphatic rings. The van der Waals surface area contributed by atoms with Crippen molar-refractivity contribution >= 4 is 5.91 Å². The zero-order valence-electron chi connectivity index (χ0n) is 8.40. The molecule has 0 saturated carbocycles. The zero-order chi connectivity index (χ0) is 10.6. The quantitative estimate of drug-likeness (QED) is 0.709. The highest BCUT2D eigenvalue weighted by atomic mass is 16.3. The molecule has 0 fully saturated rings. The van der Waals surface area contributed by atoms with Gasteiger partial charge in [-0.05, 0) is 12.5 Å². The van der Waals surface area contributed by atoms with Crippen molar-refractivity contribution in [2.24, 2.45) is 7.05 Å². The Morgan fingerprint density at radius 2 is 2.50 bits per heavy atom. The standard InChI is InChI=1S/C9H15N3O2/c1-3-7(6-13)11-9(14)8-4-5-10-12(8)2/h4-5,7,13H,3,6H2,1-2H3,(H,11,14)/t7-/m1/s1. The Morgan fingerprint density at radius 1 is 1.79 bits per heavy atom. The highest BCUT2D eigenvalue weighted by Gasteiger charge is 2.13. The highest BCUT2D eigenvalue weighted by molar-refractivity contribution is 5.92. The molecule has 1 aromatic heterocycles. The van der Waals surface area contributed by atoms with E-state index < -0.39 is 0 Å². The second-order valence-corrected chi connectivity index (χ2v) is 3.10. The Hall–Kier alpha value is -1.36. The van der Waals surface area contributed by atoms with Gasteiger partial charge in [-0.3, -0.25) is 9.48 Å². The molecule has 5 heteroatoms. The maximum Gasteiger partial charge on any atom is 0.269 e. The topological polar surface area (TPSA) is 67.2 Å². The van der Waals surface area contributed by atoms with E-state index in [2.05, 4.69) is 10.4 Å². The summed E-state index contributed by atoms with van der Waals surface area (Å²) in [6, 6.07) is 1.46. The summed E-state index contributed by atoms with van der Waals surface area (Å²) in [5.41, 5.74) is 0.497. The molecule has 78 valence electrons. The molecular formula is C9H15N3O2. The smallest absolute Gasteiger partial charge is 0.269 e. The third kappa shape index (κ3) is 2.32. The molecule has 1 heterocycles. The Kier molecular flexibility index (Phi) is 3.64. The van der Waals surface area contributed by atoms with Gasteiger partial charge in [-0.25, -0.2) is 0 Å². The summed E-state index contributed by atoms with van der Waals surface area (Å²) in [6.45, 7) is 1.87. The number of nitrogens with zero attached hydrogens (tertiary/aromatic N) is 2. The van der Waals surface area contributed by atoms with E-state index in [4.69, 9.17) is 5.11 Å². The summed E-state index contributed by atoms with van der Waals surface area (Å²) in [4.78, 5) is 11.6. The number of nitrogens with one attached hydrogen (secondary N) is 1. The first-order chi connectivity index (χ1) is 6.69. The van der Waals surface area contributed by atoms with Crippen molar-refractivity contribution in [2.45, 2.75) is 19.4 Å². The number of hydrogen-bond donors (Lipinski definition) is 2. The van der Waals surface area contributed by atoms with Crippen LogP contribution in [0, 0.1) is 0 Å². The van der Waals surface area contributed by atoms with Crippen LogP contribution >= 0.6 is 0 Å². The molecule has 2 N–H and O–H groups in total. The average molecular weight is 197 g/mol. The van der Waals surface area contributed by atoms with E-state index in [-0.39, 0.29) is 18.6 Å². The number of hydrogen-bond acceptors (Lipinski definition) is 3. The van der Waals surface area contributed by atoms with Gasteiger partial charge in [0.05, 0.1) is 12.6 Å². The molecule has 0 bridgehead atoms. The molecule has 1 atom stereocenters. The molecule has 14 heavy (non-hydrogen) atoms. The Balaban J connectivity index is 2.63. The maximum absolute atomic E-state index is 11.6. The van der Waals surface area contributed by atoms with Gasteiger partial charge in [-0.15, -0.1) is 0 Å². The Bertz CT molecular complexity index is 305. The molecule has 5 nitrogen and oxygen atoms in total. The minimum absolute atomic E-state index is 0.0416. The molecule has 1 rings (SSSR count). The average Bonchev–Trinajstić information content (AvgIpc) is 2.60. The van der Waals surface area contributed by atoms with Gasteiger partial charge in [0.1, 0.15) is 5.69 Å². The van der Waals surface area contributed by atoms with Crippen LogP contribution in [0.5, 0.6) is 0 Å². The molecule has 1 amide bonds. The lowest BCUT2D eigenvalue weighted by molar-refractivity contribution is 0.0905. The molecular weight excluding hydrogens is 182 g/mol. The summed E-state index contributed by atoms with van der Waals surface area (Å²) in [5.74, 6) is -0.203. The predicted molar refractivity (Wildman–Crippen MR) is 51.8 cm³/mol. The van der Waals surface area contributed by atoms with Crippen molar-refractivity contribution in [3.8, 4) is 0 Å². The van der Waals surface area contributed by atoms with E-state index in [1.165, 1.54) is 4.68 Å². The molecule has 0 unspecified atom stereocenters. The van der Waals surface area contributed by atoms with E-state index >= 15 is 0 Å². The summed E-state index contributed by atoms with van der Waals surface area (Å²) >= 11 is 0. The predicted octanol–water partition coefficient (Wildman–Crippen LogP) is -0.0792. The molecule has 0 radical (unpaired) electrons. The number of aromatic nitrogens is 2. The monoisotopic (exact) mass is 197 g/mol. The van der Waals surface area contributed by atoms with Crippen molar-refractivity contribution < 1.29 is 9.90 Å². The van der Waals surface area contributed by atoms with E-state index in [1.807, 2.05) is 6.92 Å². The van der Waals surface area contributed by atoms with Gasteiger partial charge in [-0.1, -0.05) is 6.92 Å². The van der Waals surface area contributed by atoms with Crippen LogP contribution < -0.4 is 5.32 Å². The summed E-state index contributed by atoms with van der Waals surface area (Å²) in [6.07, 6.45) is 2.27. The first kappa shape index (κ1) is 10.7. The van der Waals surface area contributed by atoms with Gasteiger partial charge in [0.2, 0.25) is 0 Å². The normalized spacial score (nSPS) is 12.5. The number of amides is 1. The molecule has 0 saturated heterocycles. The van der Waals surface area contributed by atoms with E-state index in [1.54, 1.807) is 19.3 Å². The third-order valence-electron chi connectivity index (χ3n) is 2.10. The Morgan fingerprint density at radius 3 is 2.93 bits per heavy atom. The van der Waals surface area contributed by atoms with Crippen LogP contribution in [0.3, 0.4) is 0 Å². The fourth-order valence-electron chi connectivity index (χ4n) is 1.13. The van der Waals surface area contributed by atoms with Crippen molar-refractivity contribution in [1.82, 2.24) is 15.1 Å². The summed E-state index contributed by atoms with van der Waals surface area (Å²) in [5, 5.41) is 15.5. The number of aryl methyl sites for hydroxylation is 1. The summed E-state index contributed by atoms with van der Waals surface area (Å²) in [7, 11) is 1.70. The van der Waals surface area contributed by atoms with E-state index in [0.29, 0.717) is 12.1 Å². The number of carbonyl (C=O) groups excluding carboxylic acids is 1. The van der Waals surface area contributed by atoms with Crippen LogP contribution in [0.4, 0.5) is 0 Å². The molecule has 0 aliphatic carbocycles. The van der Waals surface area contributed by atoms with Gasteiger partial charge < -0.3 is 10.4 Å². The minimum Gasteiger partial charge on any atom is -0.394 e. The SMILES string of the molecule is CC[C@H](CO)NC(=O)c1ccnn1C. The number of aliphatic hydroxyl groups is 1. The molecule has 0 spiro atoms. The summed E-state index contributed by atoms with van der Waals surface area (Å²) < 4.78 is 1.50. The highest BCUT2D eigenvalue weighted by Crippen LogP contribution is 1.98. The molecule has 0 aliphatic heterocycles. The van der Waals surface area contributed by atoms with Crippen LogP contribution in [-0.2, 0) is 7.05 Å². The van der Waals surface area contributed by atoms with Crippen molar-refractivity contribution in [3.63, 3.8) is 0 Å². The van der Waals surface area contributed by atoms with Crippen LogP contribution in [0.1, 0.15) is 23.8 Å². The largest absolute Gasteiger partial charge is 0.394 e. The van der Waals surface area contributed by atoms with Crippen molar-refractivity contribution in [2.75, 3.05) is 6.61 Å². The molecule has 0 aromatic carbocycles. The van der Waals surface area contributed by atoms with Gasteiger partial charge >= 0.3 is 0 Å². The first-order valence-electron chi connectivity index (χ1n) is 4.58. The fourth-order valence-corrected chi connectivity index (χ4v) is 1.13. The number of carbonyl (C=O) groups is 1. The van der Waals surface area contributed by atoms with E-state index in [9.17, 15) is 4.79 Å². The second kappa shape index (κ2) is 4.76. The minimum atomic E-state index is -0.203.